The number of rotatable bonds is 5. The number of hydrogen-bond donors (Lipinski definition) is 0. The molecule has 0 aromatic heterocycles. The zero-order valence-corrected chi connectivity index (χ0v) is 14.0. The minimum absolute atomic E-state index is 0.0139. The average molecular weight is 318 g/mol. The molecule has 23 heavy (non-hydrogen) atoms. The molecule has 0 radical (unpaired) electrons. The van der Waals surface area contributed by atoms with Crippen molar-refractivity contribution in [2.45, 2.75) is 58.3 Å². The Labute approximate surface area is 138 Å². The van der Waals surface area contributed by atoms with E-state index in [-0.39, 0.29) is 17.7 Å². The molecule has 0 unspecified atom stereocenters. The first kappa shape index (κ1) is 16.5. The molecular weight excluding hydrogens is 291 g/mol. The van der Waals surface area contributed by atoms with Crippen LogP contribution in [-0.2, 0) is 4.79 Å². The third-order valence-electron chi connectivity index (χ3n) is 5.67. The van der Waals surface area contributed by atoms with E-state index in [2.05, 4.69) is 6.92 Å². The lowest BCUT2D eigenvalue weighted by atomic mass is 9.71. The zero-order valence-electron chi connectivity index (χ0n) is 14.0. The molecule has 2 saturated carbocycles. The van der Waals surface area contributed by atoms with Crippen molar-refractivity contribution in [3.8, 4) is 5.75 Å². The van der Waals surface area contributed by atoms with Crippen molar-refractivity contribution < 1.29 is 13.9 Å². The van der Waals surface area contributed by atoms with Gasteiger partial charge in [-0.25, -0.2) is 4.39 Å². The molecule has 0 saturated heterocycles. The quantitative estimate of drug-likeness (QED) is 0.539. The molecule has 3 heteroatoms. The van der Waals surface area contributed by atoms with Gasteiger partial charge in [-0.2, -0.15) is 0 Å². The molecule has 1 aromatic carbocycles. The van der Waals surface area contributed by atoms with Gasteiger partial charge in [-0.05, 0) is 80.5 Å². The summed E-state index contributed by atoms with van der Waals surface area (Å²) in [6.45, 7) is 2.34. The highest BCUT2D eigenvalue weighted by Crippen LogP contribution is 2.39. The van der Waals surface area contributed by atoms with Gasteiger partial charge in [0.05, 0.1) is 5.92 Å². The van der Waals surface area contributed by atoms with Gasteiger partial charge in [-0.3, -0.25) is 4.79 Å². The molecule has 1 aromatic rings. The van der Waals surface area contributed by atoms with Crippen molar-refractivity contribution in [2.75, 3.05) is 0 Å². The maximum Gasteiger partial charge on any atom is 0.314 e. The van der Waals surface area contributed by atoms with Crippen LogP contribution in [0.3, 0.4) is 0 Å². The van der Waals surface area contributed by atoms with E-state index in [0.717, 1.165) is 43.4 Å². The predicted octanol–water partition coefficient (Wildman–Crippen LogP) is 5.36. The maximum atomic E-state index is 12.9. The third kappa shape index (κ3) is 4.55. The number of halogens is 1. The highest BCUT2D eigenvalue weighted by molar-refractivity contribution is 5.75. The molecule has 2 aliphatic carbocycles. The Balaban J connectivity index is 1.38. The normalized spacial score (nSPS) is 30.5. The molecule has 0 spiro atoms. The number of hydrogen-bond acceptors (Lipinski definition) is 2. The highest BCUT2D eigenvalue weighted by atomic mass is 19.1. The topological polar surface area (TPSA) is 26.3 Å². The van der Waals surface area contributed by atoms with E-state index in [0.29, 0.717) is 5.75 Å². The first-order valence-corrected chi connectivity index (χ1v) is 9.07. The standard InChI is InChI=1S/C20H27FO2/c1-14-12-16(13-14)3-2-15-4-6-17(7-5-15)20(22)23-19-10-8-18(21)9-11-19/h8-11,14-17H,2-7,12-13H2,1H3. The number of carbonyl (C=O) groups excluding carboxylic acids is 1. The lowest BCUT2D eigenvalue weighted by molar-refractivity contribution is -0.140. The van der Waals surface area contributed by atoms with Crippen molar-refractivity contribution in [3.05, 3.63) is 30.1 Å². The summed E-state index contributed by atoms with van der Waals surface area (Å²) in [6, 6.07) is 5.67. The van der Waals surface area contributed by atoms with Crippen molar-refractivity contribution >= 4 is 5.97 Å². The number of esters is 1. The van der Waals surface area contributed by atoms with Crippen LogP contribution < -0.4 is 4.74 Å². The summed E-state index contributed by atoms with van der Waals surface area (Å²) in [4.78, 5) is 12.2. The fourth-order valence-electron chi connectivity index (χ4n) is 4.17. The molecule has 0 amide bonds. The van der Waals surface area contributed by atoms with Crippen LogP contribution in [0.1, 0.15) is 58.3 Å². The highest BCUT2D eigenvalue weighted by Gasteiger charge is 2.30. The lowest BCUT2D eigenvalue weighted by Crippen LogP contribution is -2.26. The average Bonchev–Trinajstić information content (AvgIpc) is 2.53. The summed E-state index contributed by atoms with van der Waals surface area (Å²) in [7, 11) is 0. The fourth-order valence-corrected chi connectivity index (χ4v) is 4.17. The molecular formula is C20H27FO2. The Bertz CT molecular complexity index is 511. The van der Waals surface area contributed by atoms with Gasteiger partial charge in [-0.15, -0.1) is 0 Å². The van der Waals surface area contributed by atoms with Crippen LogP contribution in [0.2, 0.25) is 0 Å². The van der Waals surface area contributed by atoms with Crippen LogP contribution in [0.4, 0.5) is 4.39 Å². The molecule has 0 bridgehead atoms. The largest absolute Gasteiger partial charge is 0.426 e. The maximum absolute atomic E-state index is 12.9. The van der Waals surface area contributed by atoms with Gasteiger partial charge in [0.2, 0.25) is 0 Å². The van der Waals surface area contributed by atoms with Crippen LogP contribution in [0.5, 0.6) is 5.75 Å². The second kappa shape index (κ2) is 7.46. The van der Waals surface area contributed by atoms with Gasteiger partial charge < -0.3 is 4.74 Å². The minimum Gasteiger partial charge on any atom is -0.426 e. The fraction of sp³-hybridized carbons (Fsp3) is 0.650. The molecule has 3 rings (SSSR count). The molecule has 0 atom stereocenters. The SMILES string of the molecule is CC1CC(CCC2CCC(C(=O)Oc3ccc(F)cc3)CC2)C1. The van der Waals surface area contributed by atoms with Crippen molar-refractivity contribution in [1.29, 1.82) is 0 Å². The van der Waals surface area contributed by atoms with Gasteiger partial charge in [-0.1, -0.05) is 19.8 Å². The summed E-state index contributed by atoms with van der Waals surface area (Å²) in [6.07, 6.45) is 9.70. The van der Waals surface area contributed by atoms with Crippen molar-refractivity contribution in [3.63, 3.8) is 0 Å². The van der Waals surface area contributed by atoms with E-state index < -0.39 is 0 Å². The minimum atomic E-state index is -0.314. The molecule has 0 aliphatic heterocycles. The van der Waals surface area contributed by atoms with E-state index in [4.69, 9.17) is 4.74 Å². The van der Waals surface area contributed by atoms with Crippen molar-refractivity contribution in [2.24, 2.45) is 23.7 Å². The zero-order chi connectivity index (χ0) is 16.2. The smallest absolute Gasteiger partial charge is 0.314 e. The second-order valence-electron chi connectivity index (χ2n) is 7.61. The van der Waals surface area contributed by atoms with Gasteiger partial charge in [0.15, 0.2) is 0 Å². The summed E-state index contributed by atoms with van der Waals surface area (Å²) in [5.74, 6) is 2.69. The summed E-state index contributed by atoms with van der Waals surface area (Å²) in [5, 5.41) is 0. The van der Waals surface area contributed by atoms with Gasteiger partial charge in [0, 0.05) is 0 Å². The molecule has 0 N–H and O–H groups in total. The lowest BCUT2D eigenvalue weighted by Gasteiger charge is -2.34. The molecule has 2 aliphatic rings. The Kier molecular flexibility index (Phi) is 5.34. The van der Waals surface area contributed by atoms with Gasteiger partial charge >= 0.3 is 5.97 Å². The van der Waals surface area contributed by atoms with Crippen LogP contribution in [0, 0.1) is 29.5 Å². The molecule has 2 nitrogen and oxygen atoms in total. The summed E-state index contributed by atoms with van der Waals surface area (Å²) in [5.41, 5.74) is 0. The third-order valence-corrected chi connectivity index (χ3v) is 5.67. The first-order valence-electron chi connectivity index (χ1n) is 9.07. The first-order chi connectivity index (χ1) is 11.1. The number of ether oxygens (including phenoxy) is 1. The van der Waals surface area contributed by atoms with Crippen molar-refractivity contribution in [1.82, 2.24) is 0 Å². The number of carbonyl (C=O) groups is 1. The van der Waals surface area contributed by atoms with E-state index in [1.54, 1.807) is 0 Å². The van der Waals surface area contributed by atoms with Gasteiger partial charge in [0.25, 0.3) is 0 Å². The Morgan fingerprint density at radius 1 is 1.04 bits per heavy atom. The summed E-state index contributed by atoms with van der Waals surface area (Å²) >= 11 is 0. The van der Waals surface area contributed by atoms with Crippen LogP contribution in [0.25, 0.3) is 0 Å². The van der Waals surface area contributed by atoms with E-state index in [9.17, 15) is 9.18 Å². The predicted molar refractivity (Wildman–Crippen MR) is 88.6 cm³/mol. The summed E-state index contributed by atoms with van der Waals surface area (Å²) < 4.78 is 18.2. The van der Waals surface area contributed by atoms with Crippen LogP contribution in [-0.4, -0.2) is 5.97 Å². The van der Waals surface area contributed by atoms with Gasteiger partial charge in [0.1, 0.15) is 11.6 Å². The monoisotopic (exact) mass is 318 g/mol. The Hall–Kier alpha value is -1.38. The molecule has 126 valence electrons. The molecule has 0 heterocycles. The van der Waals surface area contributed by atoms with E-state index in [1.165, 1.54) is 49.9 Å². The number of benzene rings is 1. The second-order valence-corrected chi connectivity index (χ2v) is 7.61. The van der Waals surface area contributed by atoms with Crippen LogP contribution >= 0.6 is 0 Å². The van der Waals surface area contributed by atoms with Crippen LogP contribution in [0.15, 0.2) is 24.3 Å². The molecule has 2 fully saturated rings. The van der Waals surface area contributed by atoms with E-state index in [1.807, 2.05) is 0 Å². The van der Waals surface area contributed by atoms with E-state index >= 15 is 0 Å². The Morgan fingerprint density at radius 3 is 2.26 bits per heavy atom. The Morgan fingerprint density at radius 2 is 1.65 bits per heavy atom.